The highest BCUT2D eigenvalue weighted by molar-refractivity contribution is 7.15. The number of hydrogen-bond donors (Lipinski definition) is 2. The van der Waals surface area contributed by atoms with E-state index in [9.17, 15) is 5.11 Å². The number of phenols is 1. The molecule has 2 aromatic rings. The summed E-state index contributed by atoms with van der Waals surface area (Å²) in [5, 5.41) is 23.1. The second kappa shape index (κ2) is 7.26. The molecule has 1 aromatic carbocycles. The van der Waals surface area contributed by atoms with Crippen LogP contribution in [0.25, 0.3) is 0 Å². The summed E-state index contributed by atoms with van der Waals surface area (Å²) in [6.45, 7) is 7.37. The van der Waals surface area contributed by atoms with Crippen LogP contribution in [-0.2, 0) is 13.0 Å². The highest BCUT2D eigenvalue weighted by atomic mass is 32.1. The SMILES string of the molecule is CCOc1cc(CNc2nnc(CC(C)C)s2)ccc1O. The zero-order chi connectivity index (χ0) is 15.2. The smallest absolute Gasteiger partial charge is 0.205 e. The Morgan fingerprint density at radius 1 is 1.33 bits per heavy atom. The third-order valence-electron chi connectivity index (χ3n) is 2.82. The fourth-order valence-corrected chi connectivity index (χ4v) is 2.82. The molecule has 0 saturated carbocycles. The summed E-state index contributed by atoms with van der Waals surface area (Å²) in [4.78, 5) is 0. The number of ether oxygens (including phenoxy) is 1. The molecule has 0 unspecified atom stereocenters. The number of hydrogen-bond acceptors (Lipinski definition) is 6. The summed E-state index contributed by atoms with van der Waals surface area (Å²) in [6, 6.07) is 5.34. The Balaban J connectivity index is 1.96. The minimum Gasteiger partial charge on any atom is -0.504 e. The van der Waals surface area contributed by atoms with Gasteiger partial charge in [-0.1, -0.05) is 31.3 Å². The molecule has 0 atom stereocenters. The first-order chi connectivity index (χ1) is 10.1. The number of nitrogens with one attached hydrogen (secondary N) is 1. The lowest BCUT2D eigenvalue weighted by molar-refractivity contribution is 0.318. The fourth-order valence-electron chi connectivity index (χ4n) is 1.87. The van der Waals surface area contributed by atoms with Gasteiger partial charge in [0.05, 0.1) is 6.61 Å². The van der Waals surface area contributed by atoms with E-state index < -0.39 is 0 Å². The number of nitrogens with zero attached hydrogens (tertiary/aromatic N) is 2. The number of aromatic hydroxyl groups is 1. The molecule has 0 fully saturated rings. The van der Waals surface area contributed by atoms with Crippen molar-refractivity contribution in [1.82, 2.24) is 10.2 Å². The number of anilines is 1. The third-order valence-corrected chi connectivity index (χ3v) is 3.72. The van der Waals surface area contributed by atoms with Crippen molar-refractivity contribution in [3.05, 3.63) is 28.8 Å². The van der Waals surface area contributed by atoms with Crippen molar-refractivity contribution in [1.29, 1.82) is 0 Å². The van der Waals surface area contributed by atoms with Crippen LogP contribution in [0.3, 0.4) is 0 Å². The van der Waals surface area contributed by atoms with Crippen LogP contribution in [0.15, 0.2) is 18.2 Å². The molecule has 1 aromatic heterocycles. The topological polar surface area (TPSA) is 67.3 Å². The van der Waals surface area contributed by atoms with E-state index in [0.717, 1.165) is 22.1 Å². The van der Waals surface area contributed by atoms with Crippen LogP contribution in [0.4, 0.5) is 5.13 Å². The number of aromatic nitrogens is 2. The molecule has 2 N–H and O–H groups in total. The average molecular weight is 307 g/mol. The maximum absolute atomic E-state index is 9.67. The van der Waals surface area contributed by atoms with E-state index >= 15 is 0 Å². The molecular formula is C15H21N3O2S. The summed E-state index contributed by atoms with van der Waals surface area (Å²) in [5.74, 6) is 1.25. The second-order valence-corrected chi connectivity index (χ2v) is 6.25. The number of benzene rings is 1. The van der Waals surface area contributed by atoms with E-state index in [4.69, 9.17) is 4.74 Å². The van der Waals surface area contributed by atoms with Crippen molar-refractivity contribution in [2.75, 3.05) is 11.9 Å². The molecule has 0 saturated heterocycles. The highest BCUT2D eigenvalue weighted by Gasteiger charge is 2.07. The van der Waals surface area contributed by atoms with Crippen molar-refractivity contribution < 1.29 is 9.84 Å². The first-order valence-electron chi connectivity index (χ1n) is 7.09. The molecule has 0 radical (unpaired) electrons. The average Bonchev–Trinajstić information content (AvgIpc) is 2.86. The van der Waals surface area contributed by atoms with Gasteiger partial charge in [-0.25, -0.2) is 0 Å². The van der Waals surface area contributed by atoms with Gasteiger partial charge in [0.1, 0.15) is 5.01 Å². The summed E-state index contributed by atoms with van der Waals surface area (Å²) in [5.41, 5.74) is 1.02. The van der Waals surface area contributed by atoms with Crippen LogP contribution in [0.5, 0.6) is 11.5 Å². The van der Waals surface area contributed by atoms with Crippen LogP contribution < -0.4 is 10.1 Å². The molecule has 21 heavy (non-hydrogen) atoms. The molecule has 0 bridgehead atoms. The summed E-state index contributed by atoms with van der Waals surface area (Å²) in [7, 11) is 0. The predicted molar refractivity (Wildman–Crippen MR) is 85.1 cm³/mol. The van der Waals surface area contributed by atoms with Crippen molar-refractivity contribution in [2.45, 2.75) is 33.7 Å². The van der Waals surface area contributed by atoms with E-state index in [-0.39, 0.29) is 5.75 Å². The van der Waals surface area contributed by atoms with Crippen molar-refractivity contribution >= 4 is 16.5 Å². The number of rotatable bonds is 7. The van der Waals surface area contributed by atoms with E-state index in [0.29, 0.717) is 24.8 Å². The third kappa shape index (κ3) is 4.60. The quantitative estimate of drug-likeness (QED) is 0.820. The zero-order valence-electron chi connectivity index (χ0n) is 12.6. The molecule has 0 aliphatic carbocycles. The minimum atomic E-state index is 0.163. The van der Waals surface area contributed by atoms with Crippen LogP contribution in [0.2, 0.25) is 0 Å². The largest absolute Gasteiger partial charge is 0.504 e. The number of phenolic OH excluding ortho intramolecular Hbond substituents is 1. The van der Waals surface area contributed by atoms with Crippen molar-refractivity contribution in [3.8, 4) is 11.5 Å². The maximum atomic E-state index is 9.67. The second-order valence-electron chi connectivity index (χ2n) is 5.19. The van der Waals surface area contributed by atoms with Crippen LogP contribution >= 0.6 is 11.3 Å². The zero-order valence-corrected chi connectivity index (χ0v) is 13.4. The first kappa shape index (κ1) is 15.6. The normalized spacial score (nSPS) is 10.9. The van der Waals surface area contributed by atoms with Crippen molar-refractivity contribution in [3.63, 3.8) is 0 Å². The molecule has 0 aliphatic rings. The molecule has 2 rings (SSSR count). The molecule has 5 nitrogen and oxygen atoms in total. The van der Waals surface area contributed by atoms with Crippen LogP contribution in [-0.4, -0.2) is 21.9 Å². The van der Waals surface area contributed by atoms with Gasteiger partial charge in [0.2, 0.25) is 5.13 Å². The molecule has 114 valence electrons. The Kier molecular flexibility index (Phi) is 5.38. The van der Waals surface area contributed by atoms with Gasteiger partial charge in [-0.2, -0.15) is 0 Å². The monoisotopic (exact) mass is 307 g/mol. The molecular weight excluding hydrogens is 286 g/mol. The molecule has 1 heterocycles. The Morgan fingerprint density at radius 3 is 2.86 bits per heavy atom. The lowest BCUT2D eigenvalue weighted by atomic mass is 10.1. The molecule has 0 amide bonds. The summed E-state index contributed by atoms with van der Waals surface area (Å²) < 4.78 is 5.37. The van der Waals surface area contributed by atoms with E-state index in [1.165, 1.54) is 0 Å². The lowest BCUT2D eigenvalue weighted by Gasteiger charge is -2.08. The summed E-state index contributed by atoms with van der Waals surface area (Å²) >= 11 is 1.58. The minimum absolute atomic E-state index is 0.163. The van der Waals surface area contributed by atoms with Gasteiger partial charge < -0.3 is 15.2 Å². The van der Waals surface area contributed by atoms with E-state index in [2.05, 4.69) is 29.4 Å². The standard InChI is InChI=1S/C15H21N3O2S/c1-4-20-13-8-11(5-6-12(13)19)9-16-15-18-17-14(21-15)7-10(2)3/h5-6,8,10,19H,4,7,9H2,1-3H3,(H,16,18). The predicted octanol–water partition coefficient (Wildman–Crippen LogP) is 3.45. The molecule has 0 aliphatic heterocycles. The van der Waals surface area contributed by atoms with E-state index in [1.54, 1.807) is 17.4 Å². The van der Waals surface area contributed by atoms with Gasteiger partial charge >= 0.3 is 0 Å². The van der Waals surface area contributed by atoms with Gasteiger partial charge in [-0.05, 0) is 30.5 Å². The maximum Gasteiger partial charge on any atom is 0.205 e. The van der Waals surface area contributed by atoms with Gasteiger partial charge in [-0.15, -0.1) is 10.2 Å². The molecule has 0 spiro atoms. The Hall–Kier alpha value is -1.82. The Morgan fingerprint density at radius 2 is 2.14 bits per heavy atom. The fraction of sp³-hybridized carbons (Fsp3) is 0.467. The highest BCUT2D eigenvalue weighted by Crippen LogP contribution is 2.27. The lowest BCUT2D eigenvalue weighted by Crippen LogP contribution is -2.00. The van der Waals surface area contributed by atoms with Gasteiger partial charge in [0, 0.05) is 13.0 Å². The van der Waals surface area contributed by atoms with Crippen molar-refractivity contribution in [2.24, 2.45) is 5.92 Å². The summed E-state index contributed by atoms with van der Waals surface area (Å²) in [6.07, 6.45) is 0.951. The van der Waals surface area contributed by atoms with Crippen LogP contribution in [0.1, 0.15) is 31.3 Å². The van der Waals surface area contributed by atoms with Crippen LogP contribution in [0, 0.1) is 5.92 Å². The first-order valence-corrected chi connectivity index (χ1v) is 7.91. The Labute approximate surface area is 129 Å². The van der Waals surface area contributed by atoms with E-state index in [1.807, 2.05) is 19.1 Å². The van der Waals surface area contributed by atoms with Gasteiger partial charge in [0.15, 0.2) is 11.5 Å². The van der Waals surface area contributed by atoms with Gasteiger partial charge in [0.25, 0.3) is 0 Å². The van der Waals surface area contributed by atoms with Gasteiger partial charge in [-0.3, -0.25) is 0 Å². The molecule has 6 heteroatoms. The Bertz CT molecular complexity index is 584.